The molecule has 0 saturated heterocycles. The predicted molar refractivity (Wildman–Crippen MR) is 75.4 cm³/mol. The molecule has 0 unspecified atom stereocenters. The number of hydrogen-bond acceptors (Lipinski definition) is 3. The Morgan fingerprint density at radius 2 is 2.11 bits per heavy atom. The lowest BCUT2D eigenvalue weighted by molar-refractivity contribution is 0.427. The number of hydrogen-bond donors (Lipinski definition) is 1. The molecule has 0 spiro atoms. The van der Waals surface area contributed by atoms with E-state index in [2.05, 4.69) is 15.5 Å². The van der Waals surface area contributed by atoms with Crippen LogP contribution in [0.3, 0.4) is 0 Å². The summed E-state index contributed by atoms with van der Waals surface area (Å²) >= 11 is 0. The first-order valence-electron chi connectivity index (χ1n) is 6.08. The second-order valence-corrected chi connectivity index (χ2v) is 4.17. The van der Waals surface area contributed by atoms with E-state index in [4.69, 9.17) is 0 Å². The zero-order valence-electron chi connectivity index (χ0n) is 11.1. The number of rotatable bonds is 6. The average molecular weight is 288 g/mol. The second-order valence-electron chi connectivity index (χ2n) is 4.17. The molecule has 2 heterocycles. The summed E-state index contributed by atoms with van der Waals surface area (Å²) in [5, 5.41) is 11.7. The van der Waals surface area contributed by atoms with Gasteiger partial charge in [0.05, 0.1) is 12.7 Å². The molecule has 0 aliphatic carbocycles. The van der Waals surface area contributed by atoms with Gasteiger partial charge in [0.2, 0.25) is 0 Å². The van der Waals surface area contributed by atoms with E-state index in [1.165, 1.54) is 0 Å². The standard InChI is InChI=1S/C12H18FN5.ClH/c1-3-17-9-11(7-15-17)6-14-12-10(2)8-18(16-12)5-4-13;/h7-9H,3-6H2,1-2H3,(H,14,16);1H. The highest BCUT2D eigenvalue weighted by Crippen LogP contribution is 2.12. The van der Waals surface area contributed by atoms with Gasteiger partial charge in [-0.05, 0) is 13.8 Å². The van der Waals surface area contributed by atoms with Crippen molar-refractivity contribution in [2.24, 2.45) is 0 Å². The van der Waals surface area contributed by atoms with Gasteiger partial charge in [0.25, 0.3) is 0 Å². The van der Waals surface area contributed by atoms with Gasteiger partial charge in [-0.15, -0.1) is 12.4 Å². The molecule has 0 aromatic carbocycles. The van der Waals surface area contributed by atoms with Gasteiger partial charge in [0.1, 0.15) is 6.67 Å². The Morgan fingerprint density at radius 1 is 1.32 bits per heavy atom. The van der Waals surface area contributed by atoms with Crippen LogP contribution >= 0.6 is 12.4 Å². The van der Waals surface area contributed by atoms with E-state index < -0.39 is 6.67 Å². The third-order valence-corrected chi connectivity index (χ3v) is 2.73. The summed E-state index contributed by atoms with van der Waals surface area (Å²) in [6.45, 7) is 5.45. The smallest absolute Gasteiger partial charge is 0.151 e. The SMILES string of the molecule is CCn1cc(CNc2nn(CCF)cc2C)cn1.Cl. The molecule has 2 aromatic rings. The molecule has 2 rings (SSSR count). The van der Waals surface area contributed by atoms with Gasteiger partial charge < -0.3 is 5.32 Å². The van der Waals surface area contributed by atoms with Crippen LogP contribution in [0.15, 0.2) is 18.6 Å². The number of aromatic nitrogens is 4. The molecule has 0 aliphatic heterocycles. The number of anilines is 1. The first-order chi connectivity index (χ1) is 8.72. The van der Waals surface area contributed by atoms with Gasteiger partial charge in [0.15, 0.2) is 5.82 Å². The fourth-order valence-corrected chi connectivity index (χ4v) is 1.75. The highest BCUT2D eigenvalue weighted by atomic mass is 35.5. The predicted octanol–water partition coefficient (Wildman–Crippen LogP) is 2.41. The Hall–Kier alpha value is -1.56. The topological polar surface area (TPSA) is 47.7 Å². The molecule has 5 nitrogen and oxygen atoms in total. The van der Waals surface area contributed by atoms with E-state index in [1.807, 2.05) is 37.1 Å². The van der Waals surface area contributed by atoms with Gasteiger partial charge in [-0.2, -0.15) is 10.2 Å². The highest BCUT2D eigenvalue weighted by Gasteiger charge is 2.05. The van der Waals surface area contributed by atoms with Crippen LogP contribution < -0.4 is 5.32 Å². The van der Waals surface area contributed by atoms with E-state index >= 15 is 0 Å². The minimum absolute atomic E-state index is 0. The van der Waals surface area contributed by atoms with E-state index in [0.717, 1.165) is 23.5 Å². The van der Waals surface area contributed by atoms with Gasteiger partial charge in [-0.25, -0.2) is 4.39 Å². The summed E-state index contributed by atoms with van der Waals surface area (Å²) in [5.74, 6) is 0.799. The average Bonchev–Trinajstić information content (AvgIpc) is 2.94. The normalized spacial score (nSPS) is 10.3. The van der Waals surface area contributed by atoms with Crippen molar-refractivity contribution in [2.75, 3.05) is 12.0 Å². The number of alkyl halides is 1. The first-order valence-corrected chi connectivity index (χ1v) is 6.08. The van der Waals surface area contributed by atoms with Crippen molar-refractivity contribution in [3.8, 4) is 0 Å². The van der Waals surface area contributed by atoms with Crippen LogP contribution in [0.5, 0.6) is 0 Å². The Balaban J connectivity index is 0.00000180. The van der Waals surface area contributed by atoms with Crippen LogP contribution in [0.1, 0.15) is 18.1 Å². The van der Waals surface area contributed by atoms with E-state index in [0.29, 0.717) is 13.1 Å². The fraction of sp³-hybridized carbons (Fsp3) is 0.500. The van der Waals surface area contributed by atoms with Crippen molar-refractivity contribution in [1.82, 2.24) is 19.6 Å². The van der Waals surface area contributed by atoms with E-state index in [9.17, 15) is 4.39 Å². The Kier molecular flexibility index (Phi) is 5.82. The summed E-state index contributed by atoms with van der Waals surface area (Å²) in [7, 11) is 0. The molecule has 0 bridgehead atoms. The summed E-state index contributed by atoms with van der Waals surface area (Å²) in [5.41, 5.74) is 2.13. The Morgan fingerprint density at radius 3 is 2.74 bits per heavy atom. The maximum absolute atomic E-state index is 12.2. The number of halogens is 2. The number of nitrogens with one attached hydrogen (secondary N) is 1. The van der Waals surface area contributed by atoms with Crippen LogP contribution in [-0.2, 0) is 19.6 Å². The molecule has 0 amide bonds. The minimum atomic E-state index is -0.399. The lowest BCUT2D eigenvalue weighted by Crippen LogP contribution is -2.03. The maximum atomic E-state index is 12.2. The third-order valence-electron chi connectivity index (χ3n) is 2.73. The first kappa shape index (κ1) is 15.5. The van der Waals surface area contributed by atoms with Crippen molar-refractivity contribution < 1.29 is 4.39 Å². The van der Waals surface area contributed by atoms with E-state index in [-0.39, 0.29) is 12.4 Å². The lowest BCUT2D eigenvalue weighted by atomic mass is 10.3. The van der Waals surface area contributed by atoms with Gasteiger partial charge >= 0.3 is 0 Å². The third kappa shape index (κ3) is 3.96. The van der Waals surface area contributed by atoms with Crippen LogP contribution in [0.2, 0.25) is 0 Å². The maximum Gasteiger partial charge on any atom is 0.151 e. The molecular formula is C12H19ClFN5. The van der Waals surface area contributed by atoms with E-state index in [1.54, 1.807) is 4.68 Å². The Labute approximate surface area is 118 Å². The monoisotopic (exact) mass is 287 g/mol. The molecule has 7 heteroatoms. The second kappa shape index (κ2) is 7.13. The highest BCUT2D eigenvalue weighted by molar-refractivity contribution is 5.85. The summed E-state index contributed by atoms with van der Waals surface area (Å²) in [4.78, 5) is 0. The van der Waals surface area contributed by atoms with Crippen molar-refractivity contribution in [1.29, 1.82) is 0 Å². The number of aryl methyl sites for hydroxylation is 3. The molecule has 0 atom stereocenters. The van der Waals surface area contributed by atoms with Crippen molar-refractivity contribution >= 4 is 18.2 Å². The van der Waals surface area contributed by atoms with Crippen LogP contribution in [0.25, 0.3) is 0 Å². The number of nitrogens with zero attached hydrogens (tertiary/aromatic N) is 4. The largest absolute Gasteiger partial charge is 0.364 e. The van der Waals surface area contributed by atoms with Crippen LogP contribution in [0.4, 0.5) is 10.2 Å². The van der Waals surface area contributed by atoms with Crippen LogP contribution in [0, 0.1) is 6.92 Å². The van der Waals surface area contributed by atoms with Crippen molar-refractivity contribution in [3.05, 3.63) is 29.7 Å². The van der Waals surface area contributed by atoms with Gasteiger partial charge in [-0.1, -0.05) is 0 Å². The fourth-order valence-electron chi connectivity index (χ4n) is 1.75. The quantitative estimate of drug-likeness (QED) is 0.887. The van der Waals surface area contributed by atoms with Crippen molar-refractivity contribution in [2.45, 2.75) is 33.5 Å². The molecule has 0 radical (unpaired) electrons. The summed E-state index contributed by atoms with van der Waals surface area (Å²) < 4.78 is 15.7. The molecule has 1 N–H and O–H groups in total. The lowest BCUT2D eigenvalue weighted by Gasteiger charge is -2.01. The molecule has 19 heavy (non-hydrogen) atoms. The molecule has 0 aliphatic rings. The van der Waals surface area contributed by atoms with Gasteiger partial charge in [-0.3, -0.25) is 9.36 Å². The molecular weight excluding hydrogens is 269 g/mol. The zero-order valence-corrected chi connectivity index (χ0v) is 12.0. The summed E-state index contributed by atoms with van der Waals surface area (Å²) in [6.07, 6.45) is 5.68. The zero-order chi connectivity index (χ0) is 13.0. The Bertz CT molecular complexity index is 508. The van der Waals surface area contributed by atoms with Crippen LogP contribution in [-0.4, -0.2) is 26.2 Å². The summed E-state index contributed by atoms with van der Waals surface area (Å²) in [6, 6.07) is 0. The minimum Gasteiger partial charge on any atom is -0.364 e. The molecule has 0 fully saturated rings. The van der Waals surface area contributed by atoms with Gasteiger partial charge in [0, 0.05) is 36.6 Å². The molecule has 2 aromatic heterocycles. The molecule has 0 saturated carbocycles. The molecule has 106 valence electrons. The van der Waals surface area contributed by atoms with Crippen molar-refractivity contribution in [3.63, 3.8) is 0 Å².